The Morgan fingerprint density at radius 2 is 1.00 bits per heavy atom. The van der Waals surface area contributed by atoms with Crippen molar-refractivity contribution in [1.82, 2.24) is 0 Å². The van der Waals surface area contributed by atoms with Gasteiger partial charge in [-0.25, -0.2) is 0 Å². The van der Waals surface area contributed by atoms with Crippen molar-refractivity contribution in [2.75, 3.05) is 0 Å². The number of rotatable bonds is 15. The Hall–Kier alpha value is 0. The zero-order chi connectivity index (χ0) is 16.8. The van der Waals surface area contributed by atoms with E-state index in [2.05, 4.69) is 41.5 Å². The fourth-order valence-electron chi connectivity index (χ4n) is 4.08. The van der Waals surface area contributed by atoms with Crippen molar-refractivity contribution in [2.45, 2.75) is 119 Å². The lowest BCUT2D eigenvalue weighted by Crippen LogP contribution is -2.08. The SMILES string of the molecule is CCCCCCC(C)CC(C)CC(C)CCCC(C)CCC. The second kappa shape index (κ2) is 14.6. The van der Waals surface area contributed by atoms with E-state index in [9.17, 15) is 0 Å². The van der Waals surface area contributed by atoms with Gasteiger partial charge in [0, 0.05) is 0 Å². The minimum Gasteiger partial charge on any atom is -0.0654 e. The van der Waals surface area contributed by atoms with E-state index in [0.29, 0.717) is 0 Å². The highest BCUT2D eigenvalue weighted by Crippen LogP contribution is 2.26. The molecule has 0 heteroatoms. The molecule has 0 aliphatic heterocycles. The molecule has 0 radical (unpaired) electrons. The summed E-state index contributed by atoms with van der Waals surface area (Å²) >= 11 is 0. The summed E-state index contributed by atoms with van der Waals surface area (Å²) in [7, 11) is 0. The van der Waals surface area contributed by atoms with Gasteiger partial charge in [0.2, 0.25) is 0 Å². The fraction of sp³-hybridized carbons (Fsp3) is 1.00. The van der Waals surface area contributed by atoms with E-state index in [0.717, 1.165) is 23.7 Å². The molecule has 0 N–H and O–H groups in total. The van der Waals surface area contributed by atoms with Gasteiger partial charge in [0.1, 0.15) is 0 Å². The highest BCUT2D eigenvalue weighted by molar-refractivity contribution is 4.65. The predicted molar refractivity (Wildman–Crippen MR) is 103 cm³/mol. The quantitative estimate of drug-likeness (QED) is 0.267. The van der Waals surface area contributed by atoms with Gasteiger partial charge >= 0.3 is 0 Å². The van der Waals surface area contributed by atoms with Gasteiger partial charge in [-0.3, -0.25) is 0 Å². The molecular weight excluding hydrogens is 264 g/mol. The van der Waals surface area contributed by atoms with Crippen LogP contribution in [0.1, 0.15) is 119 Å². The van der Waals surface area contributed by atoms with Crippen molar-refractivity contribution in [1.29, 1.82) is 0 Å². The van der Waals surface area contributed by atoms with Gasteiger partial charge in [0.15, 0.2) is 0 Å². The molecule has 0 saturated carbocycles. The van der Waals surface area contributed by atoms with Crippen molar-refractivity contribution in [2.24, 2.45) is 23.7 Å². The van der Waals surface area contributed by atoms with Gasteiger partial charge < -0.3 is 0 Å². The maximum absolute atomic E-state index is 2.48. The molecule has 134 valence electrons. The first-order valence-corrected chi connectivity index (χ1v) is 10.5. The molecule has 0 nitrogen and oxygen atoms in total. The Bertz CT molecular complexity index is 220. The molecule has 4 unspecified atom stereocenters. The average Bonchev–Trinajstić information content (AvgIpc) is 2.43. The number of hydrogen-bond acceptors (Lipinski definition) is 0. The third kappa shape index (κ3) is 13.6. The minimum absolute atomic E-state index is 0.921. The molecule has 4 atom stereocenters. The first kappa shape index (κ1) is 22.0. The fourth-order valence-corrected chi connectivity index (χ4v) is 4.08. The lowest BCUT2D eigenvalue weighted by molar-refractivity contribution is 0.311. The van der Waals surface area contributed by atoms with E-state index < -0.39 is 0 Å². The Balaban J connectivity index is 3.65. The lowest BCUT2D eigenvalue weighted by atomic mass is 9.85. The first-order valence-electron chi connectivity index (χ1n) is 10.5. The second-order valence-electron chi connectivity index (χ2n) is 8.46. The van der Waals surface area contributed by atoms with Crippen LogP contribution in [0.5, 0.6) is 0 Å². The van der Waals surface area contributed by atoms with Crippen molar-refractivity contribution in [3.05, 3.63) is 0 Å². The van der Waals surface area contributed by atoms with Gasteiger partial charge in [-0.05, 0) is 36.5 Å². The number of hydrogen-bond donors (Lipinski definition) is 0. The highest BCUT2D eigenvalue weighted by Gasteiger charge is 2.13. The molecule has 0 aromatic rings. The maximum atomic E-state index is 2.48. The van der Waals surface area contributed by atoms with Gasteiger partial charge in [-0.2, -0.15) is 0 Å². The van der Waals surface area contributed by atoms with Gasteiger partial charge in [0.25, 0.3) is 0 Å². The lowest BCUT2D eigenvalue weighted by Gasteiger charge is -2.21. The molecule has 0 aliphatic rings. The topological polar surface area (TPSA) is 0 Å². The molecular formula is C22H46. The summed E-state index contributed by atoms with van der Waals surface area (Å²) < 4.78 is 0. The molecule has 0 bridgehead atoms. The second-order valence-corrected chi connectivity index (χ2v) is 8.46. The maximum Gasteiger partial charge on any atom is -0.0438 e. The summed E-state index contributed by atoms with van der Waals surface area (Å²) in [4.78, 5) is 0. The van der Waals surface area contributed by atoms with Crippen LogP contribution in [0.15, 0.2) is 0 Å². The van der Waals surface area contributed by atoms with Crippen LogP contribution in [-0.4, -0.2) is 0 Å². The number of unbranched alkanes of at least 4 members (excludes halogenated alkanes) is 3. The molecule has 0 fully saturated rings. The molecule has 0 rings (SSSR count). The van der Waals surface area contributed by atoms with E-state index >= 15 is 0 Å². The van der Waals surface area contributed by atoms with E-state index in [-0.39, 0.29) is 0 Å². The molecule has 0 aliphatic carbocycles. The highest BCUT2D eigenvalue weighted by atomic mass is 14.2. The molecule has 0 spiro atoms. The van der Waals surface area contributed by atoms with E-state index in [1.54, 1.807) is 0 Å². The van der Waals surface area contributed by atoms with Crippen LogP contribution < -0.4 is 0 Å². The molecule has 0 heterocycles. The van der Waals surface area contributed by atoms with Gasteiger partial charge in [-0.15, -0.1) is 0 Å². The van der Waals surface area contributed by atoms with Crippen molar-refractivity contribution in [3.8, 4) is 0 Å². The van der Waals surface area contributed by atoms with E-state index in [4.69, 9.17) is 0 Å². The van der Waals surface area contributed by atoms with Crippen molar-refractivity contribution < 1.29 is 0 Å². The van der Waals surface area contributed by atoms with Crippen LogP contribution >= 0.6 is 0 Å². The molecule has 0 aromatic carbocycles. The van der Waals surface area contributed by atoms with Crippen LogP contribution in [-0.2, 0) is 0 Å². The Morgan fingerprint density at radius 3 is 1.55 bits per heavy atom. The van der Waals surface area contributed by atoms with Crippen molar-refractivity contribution >= 4 is 0 Å². The summed E-state index contributed by atoms with van der Waals surface area (Å²) in [5, 5.41) is 0. The monoisotopic (exact) mass is 310 g/mol. The summed E-state index contributed by atoms with van der Waals surface area (Å²) in [6.07, 6.45) is 17.1. The summed E-state index contributed by atoms with van der Waals surface area (Å²) in [5.74, 6) is 3.72. The Morgan fingerprint density at radius 1 is 0.455 bits per heavy atom. The van der Waals surface area contributed by atoms with Crippen LogP contribution in [0.2, 0.25) is 0 Å². The first-order chi connectivity index (χ1) is 10.5. The van der Waals surface area contributed by atoms with Crippen LogP contribution in [0.25, 0.3) is 0 Å². The van der Waals surface area contributed by atoms with E-state index in [1.165, 1.54) is 77.0 Å². The largest absolute Gasteiger partial charge is 0.0654 e. The average molecular weight is 311 g/mol. The molecule has 0 aromatic heterocycles. The third-order valence-electron chi connectivity index (χ3n) is 5.34. The minimum atomic E-state index is 0.921. The third-order valence-corrected chi connectivity index (χ3v) is 5.34. The van der Waals surface area contributed by atoms with Crippen LogP contribution in [0.4, 0.5) is 0 Å². The molecule has 0 saturated heterocycles. The molecule has 0 amide bonds. The van der Waals surface area contributed by atoms with E-state index in [1.807, 2.05) is 0 Å². The zero-order valence-corrected chi connectivity index (χ0v) is 16.8. The van der Waals surface area contributed by atoms with Crippen molar-refractivity contribution in [3.63, 3.8) is 0 Å². The normalized spacial score (nSPS) is 17.2. The summed E-state index contributed by atoms with van der Waals surface area (Å²) in [5.41, 5.74) is 0. The summed E-state index contributed by atoms with van der Waals surface area (Å²) in [6.45, 7) is 14.5. The van der Waals surface area contributed by atoms with Crippen LogP contribution in [0, 0.1) is 23.7 Å². The Kier molecular flexibility index (Phi) is 14.6. The van der Waals surface area contributed by atoms with Crippen LogP contribution in [0.3, 0.4) is 0 Å². The summed E-state index contributed by atoms with van der Waals surface area (Å²) in [6, 6.07) is 0. The van der Waals surface area contributed by atoms with Gasteiger partial charge in [0.05, 0.1) is 0 Å². The molecule has 22 heavy (non-hydrogen) atoms. The predicted octanol–water partition coefficient (Wildman–Crippen LogP) is 8.25. The Labute approximate surface area is 142 Å². The van der Waals surface area contributed by atoms with Gasteiger partial charge in [-0.1, -0.05) is 106 Å². The standard InChI is InChI=1S/C22H46/c1-7-9-10-11-14-20(4)17-22(6)18-21(5)16-12-15-19(3)13-8-2/h19-22H,7-18H2,1-6H3. The zero-order valence-electron chi connectivity index (χ0n) is 16.8. The smallest absolute Gasteiger partial charge is 0.0438 e.